The van der Waals surface area contributed by atoms with Crippen molar-refractivity contribution >= 4 is 18.3 Å². The Balaban J connectivity index is 0.00000312. The largest absolute Gasteiger partial charge is 0.351 e. The van der Waals surface area contributed by atoms with Crippen LogP contribution in [-0.2, 0) is 0 Å². The molecule has 0 saturated carbocycles. The number of nitrogens with zero attached hydrogens (tertiary/aromatic N) is 3. The molecule has 0 radical (unpaired) electrons. The van der Waals surface area contributed by atoms with Gasteiger partial charge >= 0.3 is 0 Å². The molecule has 144 valence electrons. The fraction of sp³-hybridized carbons (Fsp3) is 0.778. The molecule has 1 aromatic heterocycles. The van der Waals surface area contributed by atoms with Crippen molar-refractivity contribution in [3.8, 4) is 0 Å². The summed E-state index contributed by atoms with van der Waals surface area (Å²) in [6, 6.07) is 2.20. The lowest BCUT2D eigenvalue weighted by Crippen LogP contribution is -2.32. The van der Waals surface area contributed by atoms with Crippen molar-refractivity contribution in [2.24, 2.45) is 0 Å². The zero-order valence-corrected chi connectivity index (χ0v) is 16.5. The first kappa shape index (κ1) is 21.9. The van der Waals surface area contributed by atoms with Crippen LogP contribution >= 0.6 is 12.4 Å². The van der Waals surface area contributed by atoms with Crippen molar-refractivity contribution in [1.29, 1.82) is 0 Å². The summed E-state index contributed by atoms with van der Waals surface area (Å²) in [5.74, 6) is -0.0601. The maximum absolute atomic E-state index is 12.2. The lowest BCUT2D eigenvalue weighted by Gasteiger charge is -2.22. The van der Waals surface area contributed by atoms with Gasteiger partial charge in [0.15, 0.2) is 0 Å². The van der Waals surface area contributed by atoms with Gasteiger partial charge in [-0.3, -0.25) is 9.48 Å². The predicted molar refractivity (Wildman–Crippen MR) is 105 cm³/mol. The van der Waals surface area contributed by atoms with Crippen LogP contribution in [-0.4, -0.2) is 59.9 Å². The number of rotatable bonds is 10. The molecule has 1 aliphatic rings. The molecule has 2 rings (SSSR count). The van der Waals surface area contributed by atoms with Gasteiger partial charge in [-0.25, -0.2) is 0 Å². The predicted octanol–water partition coefficient (Wildman–Crippen LogP) is 2.47. The van der Waals surface area contributed by atoms with E-state index in [0.29, 0.717) is 18.3 Å². The fourth-order valence-electron chi connectivity index (χ4n) is 3.28. The van der Waals surface area contributed by atoms with E-state index in [1.807, 2.05) is 16.9 Å². The lowest BCUT2D eigenvalue weighted by atomic mass is 10.1. The highest BCUT2D eigenvalue weighted by Gasteiger charge is 2.17. The van der Waals surface area contributed by atoms with Crippen LogP contribution in [0.3, 0.4) is 0 Å². The van der Waals surface area contributed by atoms with Gasteiger partial charge in [0.25, 0.3) is 5.91 Å². The van der Waals surface area contributed by atoms with E-state index in [-0.39, 0.29) is 18.3 Å². The highest BCUT2D eigenvalue weighted by atomic mass is 35.5. The molecular formula is C18H34ClN5O. The van der Waals surface area contributed by atoms with Crippen molar-refractivity contribution in [2.75, 3.05) is 39.3 Å². The van der Waals surface area contributed by atoms with Crippen LogP contribution in [0.5, 0.6) is 0 Å². The molecular weight excluding hydrogens is 338 g/mol. The molecule has 7 heteroatoms. The second-order valence-corrected chi connectivity index (χ2v) is 6.63. The quantitative estimate of drug-likeness (QED) is 0.620. The van der Waals surface area contributed by atoms with E-state index in [4.69, 9.17) is 0 Å². The van der Waals surface area contributed by atoms with Crippen LogP contribution in [0.4, 0.5) is 0 Å². The van der Waals surface area contributed by atoms with Crippen LogP contribution in [0.25, 0.3) is 0 Å². The van der Waals surface area contributed by atoms with Gasteiger partial charge in [-0.15, -0.1) is 12.4 Å². The number of amides is 1. The molecule has 0 bridgehead atoms. The van der Waals surface area contributed by atoms with Gasteiger partial charge in [0.1, 0.15) is 5.69 Å². The van der Waals surface area contributed by atoms with E-state index >= 15 is 0 Å². The molecule has 0 aromatic carbocycles. The van der Waals surface area contributed by atoms with Gasteiger partial charge in [-0.2, -0.15) is 5.10 Å². The highest BCUT2D eigenvalue weighted by Crippen LogP contribution is 2.15. The highest BCUT2D eigenvalue weighted by molar-refractivity contribution is 5.92. The van der Waals surface area contributed by atoms with Gasteiger partial charge in [0, 0.05) is 19.3 Å². The van der Waals surface area contributed by atoms with Crippen LogP contribution in [0.15, 0.2) is 12.3 Å². The van der Waals surface area contributed by atoms with E-state index in [2.05, 4.69) is 34.5 Å². The first-order chi connectivity index (χ1) is 11.7. The second kappa shape index (κ2) is 12.3. The third-order valence-corrected chi connectivity index (χ3v) is 4.50. The number of hydrogen-bond acceptors (Lipinski definition) is 4. The molecule has 1 fully saturated rings. The van der Waals surface area contributed by atoms with Crippen molar-refractivity contribution < 1.29 is 4.79 Å². The van der Waals surface area contributed by atoms with E-state index in [1.54, 1.807) is 0 Å². The first-order valence-electron chi connectivity index (χ1n) is 9.51. The summed E-state index contributed by atoms with van der Waals surface area (Å²) in [5, 5.41) is 10.8. The Morgan fingerprint density at radius 2 is 2.12 bits per heavy atom. The Hall–Kier alpha value is -1.11. The summed E-state index contributed by atoms with van der Waals surface area (Å²) in [5.41, 5.74) is 0.527. The summed E-state index contributed by atoms with van der Waals surface area (Å²) in [7, 11) is 0. The molecule has 1 unspecified atom stereocenters. The number of carbonyl (C=O) groups excluding carboxylic acids is 1. The molecule has 2 N–H and O–H groups in total. The maximum atomic E-state index is 12.2. The third kappa shape index (κ3) is 7.34. The van der Waals surface area contributed by atoms with Crippen molar-refractivity contribution in [1.82, 2.24) is 25.3 Å². The number of nitrogens with one attached hydrogen (secondary N) is 2. The minimum Gasteiger partial charge on any atom is -0.351 e. The van der Waals surface area contributed by atoms with Gasteiger partial charge in [-0.05, 0) is 64.3 Å². The zero-order chi connectivity index (χ0) is 17.2. The molecule has 6 nitrogen and oxygen atoms in total. The van der Waals surface area contributed by atoms with Crippen molar-refractivity contribution in [2.45, 2.75) is 52.0 Å². The third-order valence-electron chi connectivity index (χ3n) is 4.50. The van der Waals surface area contributed by atoms with Gasteiger partial charge < -0.3 is 15.5 Å². The molecule has 1 aliphatic heterocycles. The maximum Gasteiger partial charge on any atom is 0.271 e. The molecule has 1 aromatic rings. The number of piperidine rings is 1. The summed E-state index contributed by atoms with van der Waals surface area (Å²) >= 11 is 0. The Labute approximate surface area is 158 Å². The normalized spacial score (nSPS) is 17.3. The standard InChI is InChI=1S/C18H33N5O.ClH/c1-3-11-22(12-4-2)13-6-10-20-18(24)17-8-14-23(21-17)16-7-5-9-19-15-16;/h8,14,16,19H,3-7,9-13,15H2,1-2H3,(H,20,24);1H. The Kier molecular flexibility index (Phi) is 10.8. The van der Waals surface area contributed by atoms with Crippen LogP contribution in [0.1, 0.15) is 62.5 Å². The van der Waals surface area contributed by atoms with Crippen molar-refractivity contribution in [3.05, 3.63) is 18.0 Å². The summed E-state index contributed by atoms with van der Waals surface area (Å²) in [6.07, 6.45) is 7.56. The monoisotopic (exact) mass is 371 g/mol. The molecule has 25 heavy (non-hydrogen) atoms. The first-order valence-corrected chi connectivity index (χ1v) is 9.51. The van der Waals surface area contributed by atoms with Gasteiger partial charge in [-0.1, -0.05) is 13.8 Å². The average molecular weight is 372 g/mol. The second-order valence-electron chi connectivity index (χ2n) is 6.63. The molecule has 1 atom stereocenters. The van der Waals surface area contributed by atoms with Gasteiger partial charge in [0.05, 0.1) is 6.04 Å². The van der Waals surface area contributed by atoms with E-state index in [1.165, 1.54) is 12.8 Å². The Bertz CT molecular complexity index is 482. The number of carbonyl (C=O) groups is 1. The van der Waals surface area contributed by atoms with E-state index < -0.39 is 0 Å². The SMILES string of the molecule is CCCN(CCC)CCCNC(=O)c1ccn(C2CCCNC2)n1.Cl. The zero-order valence-electron chi connectivity index (χ0n) is 15.7. The van der Waals surface area contributed by atoms with Gasteiger partial charge in [0.2, 0.25) is 0 Å². The van der Waals surface area contributed by atoms with E-state index in [9.17, 15) is 4.79 Å². The van der Waals surface area contributed by atoms with E-state index in [0.717, 1.165) is 52.0 Å². The molecule has 0 aliphatic carbocycles. The fourth-order valence-corrected chi connectivity index (χ4v) is 3.28. The summed E-state index contributed by atoms with van der Waals surface area (Å²) in [4.78, 5) is 14.7. The van der Waals surface area contributed by atoms with Crippen LogP contribution < -0.4 is 10.6 Å². The summed E-state index contributed by atoms with van der Waals surface area (Å²) < 4.78 is 1.94. The average Bonchev–Trinajstić information content (AvgIpc) is 3.10. The smallest absolute Gasteiger partial charge is 0.271 e. The van der Waals surface area contributed by atoms with Crippen LogP contribution in [0.2, 0.25) is 0 Å². The minimum absolute atomic E-state index is 0. The number of halogens is 1. The molecule has 1 amide bonds. The number of aromatic nitrogens is 2. The molecule has 0 spiro atoms. The Morgan fingerprint density at radius 1 is 1.36 bits per heavy atom. The molecule has 2 heterocycles. The lowest BCUT2D eigenvalue weighted by molar-refractivity contribution is 0.0945. The number of hydrogen-bond donors (Lipinski definition) is 2. The van der Waals surface area contributed by atoms with Crippen LogP contribution in [0, 0.1) is 0 Å². The Morgan fingerprint density at radius 3 is 2.76 bits per heavy atom. The molecule has 1 saturated heterocycles. The van der Waals surface area contributed by atoms with Crippen molar-refractivity contribution in [3.63, 3.8) is 0 Å². The summed E-state index contributed by atoms with van der Waals surface area (Å²) in [6.45, 7) is 10.5. The topological polar surface area (TPSA) is 62.2 Å². The minimum atomic E-state index is -0.0601.